The average molecular weight is 333 g/mol. The molecule has 1 heterocycles. The van der Waals surface area contributed by atoms with Crippen LogP contribution in [0.3, 0.4) is 0 Å². The lowest BCUT2D eigenvalue weighted by Crippen LogP contribution is -2.42. The van der Waals surface area contributed by atoms with Gasteiger partial charge < -0.3 is 14.8 Å². The minimum Gasteiger partial charge on any atom is -0.351 e. The molecular weight excluding hydrogens is 311 g/mol. The Morgan fingerprint density at radius 2 is 1.96 bits per heavy atom. The number of amides is 1. The summed E-state index contributed by atoms with van der Waals surface area (Å²) in [5.41, 5.74) is 1.27. The van der Waals surface area contributed by atoms with Crippen molar-refractivity contribution in [3.8, 4) is 0 Å². The molecule has 2 aliphatic rings. The fraction of sp³-hybridized carbons (Fsp3) is 0.688. The van der Waals surface area contributed by atoms with E-state index in [2.05, 4.69) is 5.32 Å². The van der Waals surface area contributed by atoms with E-state index in [9.17, 15) is 18.0 Å². The van der Waals surface area contributed by atoms with Crippen molar-refractivity contribution in [1.82, 2.24) is 5.32 Å². The van der Waals surface area contributed by atoms with Gasteiger partial charge in [0.05, 0.1) is 13.2 Å². The first-order valence-electron chi connectivity index (χ1n) is 7.53. The number of allylic oxidation sites excluding steroid dienone is 3. The third-order valence-electron chi connectivity index (χ3n) is 3.62. The van der Waals surface area contributed by atoms with Crippen molar-refractivity contribution in [3.05, 3.63) is 23.4 Å². The Labute approximate surface area is 133 Å². The largest absolute Gasteiger partial charge is 0.397 e. The van der Waals surface area contributed by atoms with Gasteiger partial charge in [-0.1, -0.05) is 25.5 Å². The SMILES string of the molecule is CC1=CC(C2OCC(C)(C)CO2)CC(NC(=O)CC(F)(F)F)=C1. The molecule has 130 valence electrons. The number of rotatable bonds is 3. The number of carbonyl (C=O) groups is 1. The molecule has 1 aliphatic heterocycles. The van der Waals surface area contributed by atoms with Crippen LogP contribution in [0.4, 0.5) is 13.2 Å². The van der Waals surface area contributed by atoms with E-state index in [1.165, 1.54) is 0 Å². The molecule has 1 atom stereocenters. The van der Waals surface area contributed by atoms with Gasteiger partial charge in [-0.2, -0.15) is 13.2 Å². The molecule has 0 aromatic heterocycles. The molecule has 1 amide bonds. The van der Waals surface area contributed by atoms with Gasteiger partial charge in [0.2, 0.25) is 5.91 Å². The maximum atomic E-state index is 12.2. The van der Waals surface area contributed by atoms with Crippen LogP contribution in [-0.2, 0) is 14.3 Å². The van der Waals surface area contributed by atoms with Gasteiger partial charge in [-0.3, -0.25) is 4.79 Å². The van der Waals surface area contributed by atoms with Crippen LogP contribution in [0, 0.1) is 11.3 Å². The second kappa shape index (κ2) is 6.65. The Hall–Kier alpha value is -1.34. The van der Waals surface area contributed by atoms with Gasteiger partial charge in [-0.15, -0.1) is 0 Å². The van der Waals surface area contributed by atoms with Crippen LogP contribution < -0.4 is 5.32 Å². The zero-order valence-corrected chi connectivity index (χ0v) is 13.5. The van der Waals surface area contributed by atoms with Crippen LogP contribution in [-0.4, -0.2) is 31.6 Å². The van der Waals surface area contributed by atoms with E-state index in [0.717, 1.165) is 5.57 Å². The average Bonchev–Trinajstić information content (AvgIpc) is 2.35. The smallest absolute Gasteiger partial charge is 0.351 e. The number of ether oxygens (including phenoxy) is 2. The highest BCUT2D eigenvalue weighted by atomic mass is 19.4. The summed E-state index contributed by atoms with van der Waals surface area (Å²) in [6.07, 6.45) is -2.42. The van der Waals surface area contributed by atoms with E-state index < -0.39 is 24.8 Å². The third kappa shape index (κ3) is 5.66. The predicted octanol–water partition coefficient (Wildman–Crippen LogP) is 3.30. The summed E-state index contributed by atoms with van der Waals surface area (Å²) in [4.78, 5) is 11.4. The van der Waals surface area contributed by atoms with Gasteiger partial charge >= 0.3 is 6.18 Å². The van der Waals surface area contributed by atoms with Gasteiger partial charge in [-0.25, -0.2) is 0 Å². The van der Waals surface area contributed by atoms with Crippen molar-refractivity contribution in [2.45, 2.75) is 46.1 Å². The maximum absolute atomic E-state index is 12.2. The number of alkyl halides is 3. The molecule has 1 aliphatic carbocycles. The lowest BCUT2D eigenvalue weighted by molar-refractivity contribution is -0.236. The van der Waals surface area contributed by atoms with Crippen LogP contribution in [0.1, 0.15) is 33.6 Å². The molecule has 0 spiro atoms. The molecule has 1 unspecified atom stereocenters. The minimum absolute atomic E-state index is 0.0521. The number of hydrogen-bond donors (Lipinski definition) is 1. The fourth-order valence-corrected chi connectivity index (χ4v) is 2.65. The molecule has 0 aromatic carbocycles. The molecule has 2 rings (SSSR count). The van der Waals surface area contributed by atoms with Crippen molar-refractivity contribution in [1.29, 1.82) is 0 Å². The highest BCUT2D eigenvalue weighted by Crippen LogP contribution is 2.32. The maximum Gasteiger partial charge on any atom is 0.397 e. The summed E-state index contributed by atoms with van der Waals surface area (Å²) in [7, 11) is 0. The summed E-state index contributed by atoms with van der Waals surface area (Å²) >= 11 is 0. The monoisotopic (exact) mass is 333 g/mol. The topological polar surface area (TPSA) is 47.6 Å². The first-order valence-corrected chi connectivity index (χ1v) is 7.53. The van der Waals surface area contributed by atoms with Gasteiger partial charge in [0, 0.05) is 17.0 Å². The quantitative estimate of drug-likeness (QED) is 0.862. The molecule has 1 fully saturated rings. The minimum atomic E-state index is -4.51. The second-order valence-corrected chi connectivity index (χ2v) is 6.94. The van der Waals surface area contributed by atoms with Gasteiger partial charge in [0.15, 0.2) is 6.29 Å². The number of carbonyl (C=O) groups excluding carboxylic acids is 1. The van der Waals surface area contributed by atoms with Crippen molar-refractivity contribution in [3.63, 3.8) is 0 Å². The Morgan fingerprint density at radius 1 is 1.35 bits per heavy atom. The molecule has 23 heavy (non-hydrogen) atoms. The molecular formula is C16H22F3NO3. The van der Waals surface area contributed by atoms with E-state index in [4.69, 9.17) is 9.47 Å². The van der Waals surface area contributed by atoms with Crippen molar-refractivity contribution in [2.24, 2.45) is 11.3 Å². The first kappa shape index (κ1) is 18.0. The summed E-state index contributed by atoms with van der Waals surface area (Å²) in [5, 5.41) is 2.34. The lowest BCUT2D eigenvalue weighted by Gasteiger charge is -2.38. The first-order chi connectivity index (χ1) is 10.5. The summed E-state index contributed by atoms with van der Waals surface area (Å²) in [5.74, 6) is -1.18. The normalized spacial score (nSPS) is 25.6. The van der Waals surface area contributed by atoms with Crippen LogP contribution in [0.25, 0.3) is 0 Å². The second-order valence-electron chi connectivity index (χ2n) is 6.94. The third-order valence-corrected chi connectivity index (χ3v) is 3.62. The van der Waals surface area contributed by atoms with Crippen LogP contribution in [0.15, 0.2) is 23.4 Å². The van der Waals surface area contributed by atoms with E-state index in [-0.39, 0.29) is 11.3 Å². The summed E-state index contributed by atoms with van der Waals surface area (Å²) < 4.78 is 48.2. The molecule has 0 aromatic rings. The number of hydrogen-bond acceptors (Lipinski definition) is 3. The summed E-state index contributed by atoms with van der Waals surface area (Å²) in [6, 6.07) is 0. The number of nitrogens with one attached hydrogen (secondary N) is 1. The summed E-state index contributed by atoms with van der Waals surface area (Å²) in [6.45, 7) is 7.01. The van der Waals surface area contributed by atoms with Gasteiger partial charge in [0.1, 0.15) is 6.42 Å². The van der Waals surface area contributed by atoms with Crippen LogP contribution >= 0.6 is 0 Å². The van der Waals surface area contributed by atoms with Crippen molar-refractivity contribution in [2.75, 3.05) is 13.2 Å². The molecule has 7 heteroatoms. The predicted molar refractivity (Wildman–Crippen MR) is 78.2 cm³/mol. The molecule has 1 N–H and O–H groups in total. The molecule has 1 saturated heterocycles. The zero-order valence-electron chi connectivity index (χ0n) is 13.5. The van der Waals surface area contributed by atoms with E-state index in [1.54, 1.807) is 6.08 Å². The molecule has 4 nitrogen and oxygen atoms in total. The van der Waals surface area contributed by atoms with Crippen LogP contribution in [0.5, 0.6) is 0 Å². The Kier molecular flexibility index (Phi) is 5.20. The Balaban J connectivity index is 1.95. The molecule has 0 saturated carbocycles. The van der Waals surface area contributed by atoms with Gasteiger partial charge in [-0.05, 0) is 19.4 Å². The van der Waals surface area contributed by atoms with E-state index in [1.807, 2.05) is 26.8 Å². The molecule has 0 bridgehead atoms. The number of halogens is 3. The zero-order chi connectivity index (χ0) is 17.3. The lowest BCUT2D eigenvalue weighted by atomic mass is 9.91. The molecule has 0 radical (unpaired) electrons. The van der Waals surface area contributed by atoms with Crippen molar-refractivity contribution >= 4 is 5.91 Å². The van der Waals surface area contributed by atoms with Crippen molar-refractivity contribution < 1.29 is 27.4 Å². The highest BCUT2D eigenvalue weighted by molar-refractivity contribution is 5.78. The fourth-order valence-electron chi connectivity index (χ4n) is 2.65. The van der Waals surface area contributed by atoms with Gasteiger partial charge in [0.25, 0.3) is 0 Å². The Bertz CT molecular complexity index is 513. The Morgan fingerprint density at radius 3 is 2.52 bits per heavy atom. The van der Waals surface area contributed by atoms with E-state index >= 15 is 0 Å². The highest BCUT2D eigenvalue weighted by Gasteiger charge is 2.35. The van der Waals surface area contributed by atoms with Crippen LogP contribution in [0.2, 0.25) is 0 Å². The standard InChI is InChI=1S/C16H22F3NO3/c1-10-4-11(14-22-8-15(2,3)9-23-14)6-12(5-10)20-13(21)7-16(17,18)19/h4-5,11,14H,6-9H2,1-3H3,(H,20,21). The van der Waals surface area contributed by atoms with E-state index in [0.29, 0.717) is 25.3 Å².